The van der Waals surface area contributed by atoms with Crippen LogP contribution in [0.5, 0.6) is 5.75 Å². The number of nitrogens with zero attached hydrogens (tertiary/aromatic N) is 1. The van der Waals surface area contributed by atoms with Gasteiger partial charge in [-0.1, -0.05) is 6.92 Å². The highest BCUT2D eigenvalue weighted by molar-refractivity contribution is 5.70. The van der Waals surface area contributed by atoms with Gasteiger partial charge in [-0.2, -0.15) is 0 Å². The van der Waals surface area contributed by atoms with E-state index < -0.39 is 0 Å². The van der Waals surface area contributed by atoms with Crippen molar-refractivity contribution in [2.45, 2.75) is 19.9 Å². The third-order valence-corrected chi connectivity index (χ3v) is 3.02. The summed E-state index contributed by atoms with van der Waals surface area (Å²) in [5.41, 5.74) is 2.65. The van der Waals surface area contributed by atoms with E-state index in [0.29, 0.717) is 5.75 Å². The van der Waals surface area contributed by atoms with Crippen LogP contribution in [-0.2, 0) is 6.54 Å². The molecule has 0 atom stereocenters. The molecule has 0 bridgehead atoms. The van der Waals surface area contributed by atoms with Gasteiger partial charge < -0.3 is 10.1 Å². The standard InChI is InChI=1S/C16H19FN2O/c1-3-6-18-9-12-7-13(11-19-10-12)15-8-14(17)4-5-16(15)20-2/h4-5,7-8,10-11,18H,3,6,9H2,1-2H3. The van der Waals surface area contributed by atoms with E-state index in [9.17, 15) is 4.39 Å². The number of aromatic nitrogens is 1. The largest absolute Gasteiger partial charge is 0.496 e. The first-order valence-electron chi connectivity index (χ1n) is 6.73. The number of ether oxygens (including phenoxy) is 1. The summed E-state index contributed by atoms with van der Waals surface area (Å²) in [4.78, 5) is 4.23. The Morgan fingerprint density at radius 2 is 2.10 bits per heavy atom. The zero-order valence-electron chi connectivity index (χ0n) is 11.8. The van der Waals surface area contributed by atoms with Gasteiger partial charge in [-0.25, -0.2) is 4.39 Å². The normalized spacial score (nSPS) is 10.6. The van der Waals surface area contributed by atoms with Gasteiger partial charge in [-0.3, -0.25) is 4.98 Å². The molecule has 0 unspecified atom stereocenters. The Balaban J connectivity index is 2.28. The van der Waals surface area contributed by atoms with Crippen molar-refractivity contribution in [2.24, 2.45) is 0 Å². The Kier molecular flexibility index (Phi) is 5.07. The fourth-order valence-corrected chi connectivity index (χ4v) is 2.05. The summed E-state index contributed by atoms with van der Waals surface area (Å²) < 4.78 is 18.7. The molecule has 1 aromatic heterocycles. The molecule has 2 rings (SSSR count). The number of nitrogens with one attached hydrogen (secondary N) is 1. The van der Waals surface area contributed by atoms with E-state index in [-0.39, 0.29) is 5.82 Å². The molecule has 1 heterocycles. The molecule has 106 valence electrons. The maximum atomic E-state index is 13.4. The monoisotopic (exact) mass is 274 g/mol. The van der Waals surface area contributed by atoms with Gasteiger partial charge in [0.05, 0.1) is 7.11 Å². The summed E-state index contributed by atoms with van der Waals surface area (Å²) in [6, 6.07) is 6.50. The summed E-state index contributed by atoms with van der Waals surface area (Å²) >= 11 is 0. The maximum Gasteiger partial charge on any atom is 0.126 e. The van der Waals surface area contributed by atoms with Gasteiger partial charge in [0.25, 0.3) is 0 Å². The molecule has 0 radical (unpaired) electrons. The van der Waals surface area contributed by atoms with Crippen LogP contribution in [-0.4, -0.2) is 18.6 Å². The second kappa shape index (κ2) is 7.01. The lowest BCUT2D eigenvalue weighted by molar-refractivity contribution is 0.415. The number of hydrogen-bond donors (Lipinski definition) is 1. The molecule has 20 heavy (non-hydrogen) atoms. The lowest BCUT2D eigenvalue weighted by Gasteiger charge is -2.10. The quantitative estimate of drug-likeness (QED) is 0.820. The zero-order chi connectivity index (χ0) is 14.4. The lowest BCUT2D eigenvalue weighted by Crippen LogP contribution is -2.13. The average molecular weight is 274 g/mol. The molecule has 4 heteroatoms. The molecule has 0 aliphatic heterocycles. The first kappa shape index (κ1) is 14.5. The van der Waals surface area contributed by atoms with Crippen LogP contribution in [0.25, 0.3) is 11.1 Å². The summed E-state index contributed by atoms with van der Waals surface area (Å²) in [5.74, 6) is 0.363. The Hall–Kier alpha value is -1.94. The second-order valence-electron chi connectivity index (χ2n) is 4.60. The highest BCUT2D eigenvalue weighted by Gasteiger charge is 2.08. The Labute approximate surface area is 118 Å². The minimum absolute atomic E-state index is 0.282. The Bertz CT molecular complexity index is 572. The van der Waals surface area contributed by atoms with Crippen LogP contribution in [0.15, 0.2) is 36.7 Å². The van der Waals surface area contributed by atoms with E-state index in [4.69, 9.17) is 4.74 Å². The molecule has 0 fully saturated rings. The van der Waals surface area contributed by atoms with Gasteiger partial charge in [-0.15, -0.1) is 0 Å². The number of methoxy groups -OCH3 is 1. The van der Waals surface area contributed by atoms with Crippen molar-refractivity contribution in [3.8, 4) is 16.9 Å². The maximum absolute atomic E-state index is 13.4. The van der Waals surface area contributed by atoms with E-state index in [1.807, 2.05) is 12.3 Å². The SMILES string of the molecule is CCCNCc1cncc(-c2cc(F)ccc2OC)c1. The van der Waals surface area contributed by atoms with Crippen LogP contribution in [0.2, 0.25) is 0 Å². The van der Waals surface area contributed by atoms with Crippen molar-refractivity contribution in [3.63, 3.8) is 0 Å². The van der Waals surface area contributed by atoms with Crippen LogP contribution in [0.4, 0.5) is 4.39 Å². The molecule has 2 aromatic rings. The summed E-state index contributed by atoms with van der Waals surface area (Å²) in [6.07, 6.45) is 4.63. The van der Waals surface area contributed by atoms with Crippen molar-refractivity contribution < 1.29 is 9.13 Å². The Morgan fingerprint density at radius 1 is 1.25 bits per heavy atom. The minimum Gasteiger partial charge on any atom is -0.496 e. The first-order chi connectivity index (χ1) is 9.74. The van der Waals surface area contributed by atoms with Gasteiger partial charge in [0.2, 0.25) is 0 Å². The summed E-state index contributed by atoms with van der Waals surface area (Å²) in [5, 5.41) is 3.32. The molecular formula is C16H19FN2O. The topological polar surface area (TPSA) is 34.2 Å². The third-order valence-electron chi connectivity index (χ3n) is 3.02. The summed E-state index contributed by atoms with van der Waals surface area (Å²) in [7, 11) is 1.58. The predicted octanol–water partition coefficient (Wildman–Crippen LogP) is 3.40. The van der Waals surface area contributed by atoms with Crippen LogP contribution in [0.1, 0.15) is 18.9 Å². The fraction of sp³-hybridized carbons (Fsp3) is 0.312. The minimum atomic E-state index is -0.282. The van der Waals surface area contributed by atoms with Crippen LogP contribution >= 0.6 is 0 Å². The molecule has 3 nitrogen and oxygen atoms in total. The van der Waals surface area contributed by atoms with Crippen molar-refractivity contribution in [1.29, 1.82) is 0 Å². The second-order valence-corrected chi connectivity index (χ2v) is 4.60. The molecule has 1 N–H and O–H groups in total. The summed E-state index contributed by atoms with van der Waals surface area (Å²) in [6.45, 7) is 3.85. The first-order valence-corrected chi connectivity index (χ1v) is 6.73. The molecular weight excluding hydrogens is 255 g/mol. The molecule has 0 saturated carbocycles. The number of benzene rings is 1. The molecule has 0 saturated heterocycles. The molecule has 0 aliphatic rings. The van der Waals surface area contributed by atoms with Gasteiger partial charge in [0.15, 0.2) is 0 Å². The number of rotatable bonds is 6. The average Bonchev–Trinajstić information content (AvgIpc) is 2.48. The van der Waals surface area contributed by atoms with E-state index in [1.165, 1.54) is 12.1 Å². The van der Waals surface area contributed by atoms with Gasteiger partial charge >= 0.3 is 0 Å². The van der Waals surface area contributed by atoms with E-state index >= 15 is 0 Å². The van der Waals surface area contributed by atoms with Crippen molar-refractivity contribution in [1.82, 2.24) is 10.3 Å². The predicted molar refractivity (Wildman–Crippen MR) is 78.2 cm³/mol. The van der Waals surface area contributed by atoms with Crippen LogP contribution < -0.4 is 10.1 Å². The highest BCUT2D eigenvalue weighted by Crippen LogP contribution is 2.30. The number of pyridine rings is 1. The fourth-order valence-electron chi connectivity index (χ4n) is 2.05. The van der Waals surface area contributed by atoms with E-state index in [0.717, 1.165) is 36.2 Å². The van der Waals surface area contributed by atoms with Gasteiger partial charge in [-0.05, 0) is 42.8 Å². The molecule has 0 spiro atoms. The van der Waals surface area contributed by atoms with Gasteiger partial charge in [0, 0.05) is 30.1 Å². The van der Waals surface area contributed by atoms with E-state index in [1.54, 1.807) is 19.4 Å². The Morgan fingerprint density at radius 3 is 2.85 bits per heavy atom. The number of halogens is 1. The molecule has 1 aromatic carbocycles. The van der Waals surface area contributed by atoms with Crippen LogP contribution in [0, 0.1) is 5.82 Å². The zero-order valence-corrected chi connectivity index (χ0v) is 11.8. The van der Waals surface area contributed by atoms with Gasteiger partial charge in [0.1, 0.15) is 11.6 Å². The highest BCUT2D eigenvalue weighted by atomic mass is 19.1. The molecule has 0 aliphatic carbocycles. The lowest BCUT2D eigenvalue weighted by atomic mass is 10.0. The van der Waals surface area contributed by atoms with Crippen molar-refractivity contribution >= 4 is 0 Å². The third kappa shape index (κ3) is 3.54. The number of hydrogen-bond acceptors (Lipinski definition) is 3. The van der Waals surface area contributed by atoms with Crippen LogP contribution in [0.3, 0.4) is 0 Å². The smallest absolute Gasteiger partial charge is 0.126 e. The van der Waals surface area contributed by atoms with Crippen molar-refractivity contribution in [2.75, 3.05) is 13.7 Å². The van der Waals surface area contributed by atoms with Crippen molar-refractivity contribution in [3.05, 3.63) is 48.0 Å². The molecule has 0 amide bonds. The van der Waals surface area contributed by atoms with E-state index in [2.05, 4.69) is 17.2 Å².